The summed E-state index contributed by atoms with van der Waals surface area (Å²) in [4.78, 5) is 18.6. The lowest BCUT2D eigenvalue weighted by Gasteiger charge is -2.17. The van der Waals surface area contributed by atoms with E-state index in [1.165, 1.54) is 11.3 Å². The summed E-state index contributed by atoms with van der Waals surface area (Å²) in [6.07, 6.45) is 1.84. The van der Waals surface area contributed by atoms with Crippen LogP contribution in [0.1, 0.15) is 12.6 Å². The van der Waals surface area contributed by atoms with Gasteiger partial charge in [-0.25, -0.2) is 4.98 Å². The normalized spacial score (nSPS) is 10.7. The summed E-state index contributed by atoms with van der Waals surface area (Å²) in [5.74, 6) is 1.37. The van der Waals surface area contributed by atoms with Crippen molar-refractivity contribution in [2.24, 2.45) is 0 Å². The van der Waals surface area contributed by atoms with E-state index in [9.17, 15) is 4.79 Å². The van der Waals surface area contributed by atoms with Crippen LogP contribution in [-0.4, -0.2) is 25.7 Å². The topological polar surface area (TPSA) is 63.9 Å². The van der Waals surface area contributed by atoms with Crippen molar-refractivity contribution >= 4 is 39.8 Å². The Morgan fingerprint density at radius 3 is 2.52 bits per heavy atom. The molecule has 2 heterocycles. The third-order valence-electron chi connectivity index (χ3n) is 4.47. The highest BCUT2D eigenvalue weighted by molar-refractivity contribution is 7.98. The number of thioether (sulfide) groups is 1. The van der Waals surface area contributed by atoms with Gasteiger partial charge in [0.1, 0.15) is 0 Å². The summed E-state index contributed by atoms with van der Waals surface area (Å²) in [5.41, 5.74) is 2.71. The number of rotatable bonds is 8. The van der Waals surface area contributed by atoms with E-state index in [1.54, 1.807) is 23.6 Å². The average molecular weight is 448 g/mol. The number of anilines is 2. The highest BCUT2D eigenvalue weighted by Crippen LogP contribution is 2.31. The Morgan fingerprint density at radius 1 is 1.13 bits per heavy atom. The number of hydrogen-bond acceptors (Lipinski definition) is 6. The lowest BCUT2D eigenvalue weighted by molar-refractivity contribution is -0.115. The maximum absolute atomic E-state index is 12.2. The van der Waals surface area contributed by atoms with Crippen molar-refractivity contribution in [3.63, 3.8) is 0 Å². The van der Waals surface area contributed by atoms with Gasteiger partial charge < -0.3 is 0 Å². The first kappa shape index (κ1) is 21.0. The van der Waals surface area contributed by atoms with Crippen molar-refractivity contribution in [2.45, 2.75) is 24.4 Å². The van der Waals surface area contributed by atoms with Crippen LogP contribution in [0.2, 0.25) is 0 Å². The number of carbonyl (C=O) groups excluding carboxylic acids is 1. The van der Waals surface area contributed by atoms with Gasteiger partial charge in [0.2, 0.25) is 5.91 Å². The molecular weight excluding hydrogens is 426 g/mol. The van der Waals surface area contributed by atoms with E-state index in [-0.39, 0.29) is 5.91 Å². The number of para-hydroxylation sites is 1. The van der Waals surface area contributed by atoms with Crippen LogP contribution in [0.5, 0.6) is 0 Å². The Morgan fingerprint density at radius 2 is 1.84 bits per heavy atom. The largest absolute Gasteiger partial charge is 0.298 e. The molecule has 0 unspecified atom stereocenters. The molecule has 2 aromatic carbocycles. The fourth-order valence-corrected chi connectivity index (χ4v) is 4.93. The van der Waals surface area contributed by atoms with Crippen LogP contribution in [0, 0.1) is 0 Å². The number of benzene rings is 2. The Balaban J connectivity index is 1.53. The molecule has 6 nitrogen and oxygen atoms in total. The lowest BCUT2D eigenvalue weighted by Crippen LogP contribution is -2.22. The zero-order valence-electron chi connectivity index (χ0n) is 17.0. The Hall–Kier alpha value is -3.23. The number of nitrogens with zero attached hydrogens (tertiary/aromatic N) is 5. The first-order chi connectivity index (χ1) is 15.2. The molecule has 4 aromatic rings. The molecule has 2 aromatic heterocycles. The van der Waals surface area contributed by atoms with Crippen LogP contribution in [0.3, 0.4) is 0 Å². The van der Waals surface area contributed by atoms with Gasteiger partial charge in [-0.15, -0.1) is 28.1 Å². The molecule has 0 saturated carbocycles. The molecule has 1 amide bonds. The molecule has 4 rings (SSSR count). The number of amides is 1. The lowest BCUT2D eigenvalue weighted by atomic mass is 10.2. The molecule has 0 aliphatic carbocycles. The molecular formula is C23H21N5OS2. The van der Waals surface area contributed by atoms with E-state index in [0.717, 1.165) is 27.9 Å². The van der Waals surface area contributed by atoms with E-state index in [2.05, 4.69) is 21.8 Å². The number of carbonyl (C=O) groups is 1. The average Bonchev–Trinajstić information content (AvgIpc) is 3.41. The fourth-order valence-electron chi connectivity index (χ4n) is 3.10. The quantitative estimate of drug-likeness (QED) is 0.261. The van der Waals surface area contributed by atoms with Gasteiger partial charge in [-0.1, -0.05) is 66.4 Å². The number of hydrogen-bond donors (Lipinski definition) is 0. The molecule has 8 heteroatoms. The maximum atomic E-state index is 12.2. The van der Waals surface area contributed by atoms with Gasteiger partial charge in [0, 0.05) is 30.2 Å². The summed E-state index contributed by atoms with van der Waals surface area (Å²) >= 11 is 3.02. The van der Waals surface area contributed by atoms with Gasteiger partial charge in [0.15, 0.2) is 16.1 Å². The first-order valence-corrected chi connectivity index (χ1v) is 11.6. The molecule has 0 bridgehead atoms. The summed E-state index contributed by atoms with van der Waals surface area (Å²) in [7, 11) is 0. The maximum Gasteiger partial charge on any atom is 0.230 e. The monoisotopic (exact) mass is 447 g/mol. The fraction of sp³-hybridized carbons (Fsp3) is 0.130. The van der Waals surface area contributed by atoms with E-state index in [0.29, 0.717) is 17.4 Å². The summed E-state index contributed by atoms with van der Waals surface area (Å²) in [6, 6.07) is 19.5. The molecule has 0 fully saturated rings. The van der Waals surface area contributed by atoms with Crippen LogP contribution in [-0.2, 0) is 17.1 Å². The number of thiazole rings is 1. The third-order valence-corrected chi connectivity index (χ3v) is 6.34. The molecule has 0 saturated heterocycles. The molecule has 0 aliphatic heterocycles. The number of allylic oxidation sites excluding steroid dienone is 1. The standard InChI is InChI=1S/C23H21N5OS2/c1-3-14-27-21(18-10-6-4-7-11-18)25-26-23(27)31-16-19-15-30-22(24-19)28(17(2)29)20-12-8-5-9-13-20/h3-13,15H,1,14,16H2,2H3. The van der Waals surface area contributed by atoms with Crippen molar-refractivity contribution in [3.8, 4) is 11.4 Å². The second-order valence-electron chi connectivity index (χ2n) is 6.67. The van der Waals surface area contributed by atoms with Gasteiger partial charge in [-0.05, 0) is 12.1 Å². The molecule has 31 heavy (non-hydrogen) atoms. The molecule has 0 radical (unpaired) electrons. The first-order valence-electron chi connectivity index (χ1n) is 9.70. The number of aromatic nitrogens is 4. The van der Waals surface area contributed by atoms with Crippen LogP contribution in [0.25, 0.3) is 11.4 Å². The third kappa shape index (κ3) is 4.76. The second-order valence-corrected chi connectivity index (χ2v) is 8.45. The molecule has 0 N–H and O–H groups in total. The second kappa shape index (κ2) is 9.72. The minimum atomic E-state index is -0.0713. The minimum absolute atomic E-state index is 0.0713. The van der Waals surface area contributed by atoms with Crippen LogP contribution in [0.15, 0.2) is 83.9 Å². The molecule has 0 spiro atoms. The van der Waals surface area contributed by atoms with Crippen molar-refractivity contribution in [3.05, 3.63) is 84.4 Å². The summed E-state index contributed by atoms with van der Waals surface area (Å²) < 4.78 is 2.05. The minimum Gasteiger partial charge on any atom is -0.298 e. The summed E-state index contributed by atoms with van der Waals surface area (Å²) in [5, 5.41) is 12.2. The molecule has 0 aliphatic rings. The predicted octanol–water partition coefficient (Wildman–Crippen LogP) is 5.56. The van der Waals surface area contributed by atoms with Gasteiger partial charge in [-0.3, -0.25) is 14.3 Å². The van der Waals surface area contributed by atoms with Gasteiger partial charge >= 0.3 is 0 Å². The smallest absolute Gasteiger partial charge is 0.230 e. The zero-order chi connectivity index (χ0) is 21.6. The van der Waals surface area contributed by atoms with Crippen LogP contribution in [0.4, 0.5) is 10.8 Å². The predicted molar refractivity (Wildman–Crippen MR) is 127 cm³/mol. The van der Waals surface area contributed by atoms with Gasteiger partial charge in [0.25, 0.3) is 0 Å². The van der Waals surface area contributed by atoms with Gasteiger partial charge in [0.05, 0.1) is 11.4 Å². The highest BCUT2D eigenvalue weighted by atomic mass is 32.2. The summed E-state index contributed by atoms with van der Waals surface area (Å²) in [6.45, 7) is 6.03. The highest BCUT2D eigenvalue weighted by Gasteiger charge is 2.19. The van der Waals surface area contributed by atoms with Crippen LogP contribution < -0.4 is 4.90 Å². The van der Waals surface area contributed by atoms with Crippen molar-refractivity contribution in [2.75, 3.05) is 4.90 Å². The SMILES string of the molecule is C=CCn1c(SCc2csc(N(C(C)=O)c3ccccc3)n2)nnc1-c1ccccc1. The van der Waals surface area contributed by atoms with Crippen molar-refractivity contribution < 1.29 is 4.79 Å². The van der Waals surface area contributed by atoms with Crippen LogP contribution >= 0.6 is 23.1 Å². The van der Waals surface area contributed by atoms with E-state index in [1.807, 2.05) is 76.7 Å². The van der Waals surface area contributed by atoms with Gasteiger partial charge in [-0.2, -0.15) is 0 Å². The zero-order valence-corrected chi connectivity index (χ0v) is 18.6. The molecule has 0 atom stereocenters. The Labute approximate surface area is 189 Å². The van der Waals surface area contributed by atoms with E-state index < -0.39 is 0 Å². The van der Waals surface area contributed by atoms with Crippen molar-refractivity contribution in [1.82, 2.24) is 19.7 Å². The van der Waals surface area contributed by atoms with Crippen molar-refractivity contribution in [1.29, 1.82) is 0 Å². The van der Waals surface area contributed by atoms with E-state index >= 15 is 0 Å². The Bertz CT molecular complexity index is 1170. The molecule has 156 valence electrons. The van der Waals surface area contributed by atoms with E-state index in [4.69, 9.17) is 0 Å². The Kier molecular flexibility index (Phi) is 6.59.